The molecule has 0 amide bonds. The van der Waals surface area contributed by atoms with Crippen LogP contribution in [0.2, 0.25) is 0 Å². The van der Waals surface area contributed by atoms with E-state index in [2.05, 4.69) is 26.6 Å². The minimum Gasteiger partial charge on any atom is -0.370 e. The van der Waals surface area contributed by atoms with E-state index in [0.717, 1.165) is 68.1 Å². The van der Waals surface area contributed by atoms with Crippen LogP contribution in [0.1, 0.15) is 49.0 Å². The summed E-state index contributed by atoms with van der Waals surface area (Å²) >= 11 is 1.38. The Balaban J connectivity index is 1.37. The van der Waals surface area contributed by atoms with E-state index in [-0.39, 0.29) is 12.1 Å². The fourth-order valence-electron chi connectivity index (χ4n) is 4.57. The summed E-state index contributed by atoms with van der Waals surface area (Å²) in [6.07, 6.45) is 3.80. The SMILES string of the molecule is N#Cc1cnc(N[C@@H]2CCCC[C@H]2N[C@H]2CCCN(c3ccc(C(F)(F)F)cc3)C2)s1. The molecule has 0 unspecified atom stereocenters. The molecule has 1 saturated carbocycles. The number of anilines is 2. The zero-order chi connectivity index (χ0) is 21.8. The molecule has 9 heteroatoms. The Labute approximate surface area is 184 Å². The van der Waals surface area contributed by atoms with Crippen LogP contribution < -0.4 is 15.5 Å². The Kier molecular flexibility index (Phi) is 6.68. The Morgan fingerprint density at radius 3 is 2.48 bits per heavy atom. The number of piperidine rings is 1. The predicted octanol–water partition coefficient (Wildman–Crippen LogP) is 5.02. The number of alkyl halides is 3. The first-order chi connectivity index (χ1) is 14.9. The second-order valence-electron chi connectivity index (χ2n) is 8.28. The molecule has 1 aliphatic carbocycles. The van der Waals surface area contributed by atoms with E-state index in [0.29, 0.717) is 10.9 Å². The number of hydrogen-bond donors (Lipinski definition) is 2. The summed E-state index contributed by atoms with van der Waals surface area (Å²) in [5, 5.41) is 17.1. The van der Waals surface area contributed by atoms with Gasteiger partial charge in [0.25, 0.3) is 0 Å². The van der Waals surface area contributed by atoms with Crippen molar-refractivity contribution in [3.63, 3.8) is 0 Å². The summed E-state index contributed by atoms with van der Waals surface area (Å²) in [5.41, 5.74) is 0.227. The van der Waals surface area contributed by atoms with Gasteiger partial charge < -0.3 is 15.5 Å². The van der Waals surface area contributed by atoms with Crippen LogP contribution in [-0.4, -0.2) is 36.2 Å². The lowest BCUT2D eigenvalue weighted by Crippen LogP contribution is -2.54. The lowest BCUT2D eigenvalue weighted by atomic mass is 9.89. The van der Waals surface area contributed by atoms with Crippen molar-refractivity contribution in [2.45, 2.75) is 62.8 Å². The summed E-state index contributed by atoms with van der Waals surface area (Å²) < 4.78 is 38.5. The molecule has 2 aliphatic rings. The normalized spacial score (nSPS) is 24.6. The predicted molar refractivity (Wildman–Crippen MR) is 116 cm³/mol. The number of aromatic nitrogens is 1. The number of thiazole rings is 1. The Hall–Kier alpha value is -2.31. The fraction of sp³-hybridized carbons (Fsp3) is 0.545. The second-order valence-corrected chi connectivity index (χ2v) is 9.31. The van der Waals surface area contributed by atoms with Crippen molar-refractivity contribution in [3.05, 3.63) is 40.9 Å². The number of halogens is 3. The first kappa shape index (κ1) is 21.9. The van der Waals surface area contributed by atoms with Crippen LogP contribution in [-0.2, 0) is 6.18 Å². The Morgan fingerprint density at radius 2 is 1.81 bits per heavy atom. The molecule has 0 radical (unpaired) electrons. The number of hydrogen-bond acceptors (Lipinski definition) is 6. The third kappa shape index (κ3) is 5.49. The van der Waals surface area contributed by atoms with E-state index >= 15 is 0 Å². The number of nitrogens with zero attached hydrogens (tertiary/aromatic N) is 3. The number of nitrogens with one attached hydrogen (secondary N) is 2. The Morgan fingerprint density at radius 1 is 1.06 bits per heavy atom. The zero-order valence-electron chi connectivity index (χ0n) is 17.2. The molecule has 3 atom stereocenters. The second kappa shape index (κ2) is 9.45. The van der Waals surface area contributed by atoms with E-state index < -0.39 is 11.7 Å². The quantitative estimate of drug-likeness (QED) is 0.672. The van der Waals surface area contributed by atoms with Gasteiger partial charge in [0.15, 0.2) is 5.13 Å². The van der Waals surface area contributed by atoms with Crippen LogP contribution in [0.4, 0.5) is 24.0 Å². The van der Waals surface area contributed by atoms with Gasteiger partial charge in [-0.25, -0.2) is 4.98 Å². The van der Waals surface area contributed by atoms with E-state index in [1.165, 1.54) is 17.8 Å². The van der Waals surface area contributed by atoms with Gasteiger partial charge in [-0.1, -0.05) is 24.2 Å². The van der Waals surface area contributed by atoms with Crippen molar-refractivity contribution in [1.29, 1.82) is 5.26 Å². The highest BCUT2D eigenvalue weighted by molar-refractivity contribution is 7.16. The van der Waals surface area contributed by atoms with Gasteiger partial charge in [0.05, 0.1) is 11.8 Å². The third-order valence-corrected chi connectivity index (χ3v) is 6.95. The third-order valence-electron chi connectivity index (χ3n) is 6.12. The highest BCUT2D eigenvalue weighted by Crippen LogP contribution is 2.31. The van der Waals surface area contributed by atoms with E-state index in [9.17, 15) is 13.2 Å². The lowest BCUT2D eigenvalue weighted by Gasteiger charge is -2.40. The molecule has 2 fully saturated rings. The van der Waals surface area contributed by atoms with Crippen LogP contribution in [0.5, 0.6) is 0 Å². The van der Waals surface area contributed by atoms with Crippen molar-refractivity contribution in [3.8, 4) is 6.07 Å². The van der Waals surface area contributed by atoms with E-state index in [1.807, 2.05) is 0 Å². The summed E-state index contributed by atoms with van der Waals surface area (Å²) in [5.74, 6) is 0. The largest absolute Gasteiger partial charge is 0.416 e. The molecule has 2 heterocycles. The van der Waals surface area contributed by atoms with Crippen LogP contribution >= 0.6 is 11.3 Å². The minimum atomic E-state index is -4.31. The monoisotopic (exact) mass is 449 g/mol. The summed E-state index contributed by atoms with van der Waals surface area (Å²) in [7, 11) is 0. The Bertz CT molecular complexity index is 905. The van der Waals surface area contributed by atoms with Gasteiger partial charge in [-0.05, 0) is 49.9 Å². The van der Waals surface area contributed by atoms with Crippen molar-refractivity contribution >= 4 is 22.2 Å². The zero-order valence-corrected chi connectivity index (χ0v) is 18.0. The van der Waals surface area contributed by atoms with E-state index in [1.54, 1.807) is 18.3 Å². The highest BCUT2D eigenvalue weighted by Gasteiger charge is 2.32. The molecule has 0 bridgehead atoms. The number of nitriles is 1. The maximum absolute atomic E-state index is 12.8. The van der Waals surface area contributed by atoms with Gasteiger partial charge in [0.1, 0.15) is 10.9 Å². The number of benzene rings is 1. The van der Waals surface area contributed by atoms with Gasteiger partial charge in [-0.3, -0.25) is 0 Å². The van der Waals surface area contributed by atoms with Gasteiger partial charge in [0, 0.05) is 36.9 Å². The lowest BCUT2D eigenvalue weighted by molar-refractivity contribution is -0.137. The summed E-state index contributed by atoms with van der Waals surface area (Å²) in [4.78, 5) is 7.08. The first-order valence-corrected chi connectivity index (χ1v) is 11.5. The van der Waals surface area contributed by atoms with Gasteiger partial charge in [-0.2, -0.15) is 18.4 Å². The molecular weight excluding hydrogens is 423 g/mol. The molecular formula is C22H26F3N5S. The van der Waals surface area contributed by atoms with Crippen LogP contribution in [0, 0.1) is 11.3 Å². The minimum absolute atomic E-state index is 0.257. The van der Waals surface area contributed by atoms with Crippen molar-refractivity contribution < 1.29 is 13.2 Å². The molecule has 31 heavy (non-hydrogen) atoms. The summed E-state index contributed by atoms with van der Waals surface area (Å²) in [6, 6.07) is 8.45. The number of rotatable bonds is 5. The molecule has 1 aromatic carbocycles. The smallest absolute Gasteiger partial charge is 0.370 e. The maximum atomic E-state index is 12.8. The summed E-state index contributed by atoms with van der Waals surface area (Å²) in [6.45, 7) is 1.64. The molecule has 1 saturated heterocycles. The van der Waals surface area contributed by atoms with Gasteiger partial charge >= 0.3 is 6.18 Å². The average molecular weight is 450 g/mol. The molecule has 2 N–H and O–H groups in total. The van der Waals surface area contributed by atoms with E-state index in [4.69, 9.17) is 5.26 Å². The standard InChI is InChI=1S/C22H26F3N5S/c23-22(24,25)15-7-9-17(10-8-15)30-11-3-4-16(14-30)28-19-5-1-2-6-20(19)29-21-27-13-18(12-26)31-21/h7-10,13,16,19-20,28H,1-6,11,14H2,(H,27,29)/t16-,19+,20+/m0/s1. The average Bonchev–Trinajstić information content (AvgIpc) is 3.22. The molecule has 0 spiro atoms. The van der Waals surface area contributed by atoms with Gasteiger partial charge in [0.2, 0.25) is 0 Å². The van der Waals surface area contributed by atoms with Crippen LogP contribution in [0.15, 0.2) is 30.5 Å². The van der Waals surface area contributed by atoms with Crippen molar-refractivity contribution in [2.24, 2.45) is 0 Å². The van der Waals surface area contributed by atoms with Crippen molar-refractivity contribution in [2.75, 3.05) is 23.3 Å². The molecule has 2 aromatic rings. The van der Waals surface area contributed by atoms with Crippen LogP contribution in [0.25, 0.3) is 0 Å². The topological polar surface area (TPSA) is 64.0 Å². The van der Waals surface area contributed by atoms with Crippen molar-refractivity contribution in [1.82, 2.24) is 10.3 Å². The molecule has 166 valence electrons. The van der Waals surface area contributed by atoms with Crippen LogP contribution in [0.3, 0.4) is 0 Å². The fourth-order valence-corrected chi connectivity index (χ4v) is 5.24. The molecule has 4 rings (SSSR count). The maximum Gasteiger partial charge on any atom is 0.416 e. The molecule has 1 aliphatic heterocycles. The highest BCUT2D eigenvalue weighted by atomic mass is 32.1. The first-order valence-electron chi connectivity index (χ1n) is 10.7. The van der Waals surface area contributed by atoms with Gasteiger partial charge in [-0.15, -0.1) is 0 Å². The molecule has 1 aromatic heterocycles. The molecule has 5 nitrogen and oxygen atoms in total.